The van der Waals surface area contributed by atoms with Crippen LogP contribution < -0.4 is 5.73 Å². The molecule has 1 nitrogen and oxygen atoms in total. The minimum Gasteiger partial charge on any atom is -0.398 e. The Kier molecular flexibility index (Phi) is 2.94. The van der Waals surface area contributed by atoms with Gasteiger partial charge in [-0.25, -0.2) is 0 Å². The first-order chi connectivity index (χ1) is 6.86. The maximum Gasteiger partial charge on any atom is 0.0412 e. The fraction of sp³-hybridized carbons (Fsp3) is 0.167. The number of hydrogen-bond donors (Lipinski definition) is 1. The summed E-state index contributed by atoms with van der Waals surface area (Å²) in [5, 5.41) is 0. The standard InChI is InChI=1S/C12H13NS/c13-11-8-4-5-9-12(11)14-10-6-2-1-3-7-10/h1-3,6-9H,4-5,13H2. The van der Waals surface area contributed by atoms with Crippen molar-refractivity contribution in [2.75, 3.05) is 0 Å². The fourth-order valence-electron chi connectivity index (χ4n) is 1.39. The van der Waals surface area contributed by atoms with Crippen LogP contribution in [0.2, 0.25) is 0 Å². The summed E-state index contributed by atoms with van der Waals surface area (Å²) in [6.07, 6.45) is 6.50. The molecule has 2 heteroatoms. The average molecular weight is 203 g/mol. The molecule has 0 fully saturated rings. The minimum absolute atomic E-state index is 0.921. The van der Waals surface area contributed by atoms with Crippen molar-refractivity contribution in [3.63, 3.8) is 0 Å². The molecule has 1 aliphatic carbocycles. The van der Waals surface area contributed by atoms with Gasteiger partial charge in [0.05, 0.1) is 0 Å². The first-order valence-electron chi connectivity index (χ1n) is 4.75. The van der Waals surface area contributed by atoms with Gasteiger partial charge in [-0.1, -0.05) is 42.1 Å². The van der Waals surface area contributed by atoms with Crippen LogP contribution in [0.25, 0.3) is 0 Å². The highest BCUT2D eigenvalue weighted by atomic mass is 32.2. The lowest BCUT2D eigenvalue weighted by molar-refractivity contribution is 1.00. The number of thioether (sulfide) groups is 1. The molecular weight excluding hydrogens is 190 g/mol. The van der Waals surface area contributed by atoms with E-state index in [1.165, 1.54) is 9.80 Å². The monoisotopic (exact) mass is 203 g/mol. The summed E-state index contributed by atoms with van der Waals surface area (Å²) < 4.78 is 0. The number of hydrogen-bond acceptors (Lipinski definition) is 2. The Hall–Kier alpha value is -1.15. The number of nitrogens with two attached hydrogens (primary N) is 1. The zero-order chi connectivity index (χ0) is 9.80. The maximum atomic E-state index is 5.90. The normalized spacial score (nSPS) is 16.0. The quantitative estimate of drug-likeness (QED) is 0.798. The summed E-state index contributed by atoms with van der Waals surface area (Å²) in [4.78, 5) is 2.44. The van der Waals surface area contributed by atoms with Crippen LogP contribution in [0.1, 0.15) is 12.8 Å². The van der Waals surface area contributed by atoms with Gasteiger partial charge in [0.15, 0.2) is 0 Å². The first-order valence-corrected chi connectivity index (χ1v) is 5.57. The Balaban J connectivity index is 2.12. The Labute approximate surface area is 88.7 Å². The second-order valence-corrected chi connectivity index (χ2v) is 4.34. The van der Waals surface area contributed by atoms with E-state index in [0.29, 0.717) is 0 Å². The third-order valence-corrected chi connectivity index (χ3v) is 3.25. The van der Waals surface area contributed by atoms with E-state index in [2.05, 4.69) is 24.3 Å². The lowest BCUT2D eigenvalue weighted by Gasteiger charge is -2.11. The molecule has 14 heavy (non-hydrogen) atoms. The first kappa shape index (κ1) is 9.41. The molecule has 2 N–H and O–H groups in total. The van der Waals surface area contributed by atoms with Crippen LogP contribution in [0.4, 0.5) is 0 Å². The predicted octanol–water partition coefficient (Wildman–Crippen LogP) is 3.30. The summed E-state index contributed by atoms with van der Waals surface area (Å²) in [6.45, 7) is 0. The Morgan fingerprint density at radius 2 is 1.71 bits per heavy atom. The van der Waals surface area contributed by atoms with Crippen molar-refractivity contribution in [2.45, 2.75) is 17.7 Å². The largest absolute Gasteiger partial charge is 0.398 e. The van der Waals surface area contributed by atoms with Gasteiger partial charge in [0, 0.05) is 15.5 Å². The molecule has 0 saturated carbocycles. The van der Waals surface area contributed by atoms with Gasteiger partial charge in [0.25, 0.3) is 0 Å². The second kappa shape index (κ2) is 4.38. The molecule has 0 unspecified atom stereocenters. The second-order valence-electron chi connectivity index (χ2n) is 3.22. The van der Waals surface area contributed by atoms with Gasteiger partial charge in [-0.3, -0.25) is 0 Å². The van der Waals surface area contributed by atoms with Crippen molar-refractivity contribution in [3.05, 3.63) is 53.1 Å². The third-order valence-electron chi connectivity index (χ3n) is 2.12. The molecule has 2 rings (SSSR count). The van der Waals surface area contributed by atoms with E-state index in [0.717, 1.165) is 18.5 Å². The lowest BCUT2D eigenvalue weighted by Crippen LogP contribution is -2.01. The van der Waals surface area contributed by atoms with Crippen molar-refractivity contribution in [3.8, 4) is 0 Å². The van der Waals surface area contributed by atoms with Gasteiger partial charge >= 0.3 is 0 Å². The van der Waals surface area contributed by atoms with E-state index >= 15 is 0 Å². The number of benzene rings is 1. The van der Waals surface area contributed by atoms with Crippen LogP contribution in [0.3, 0.4) is 0 Å². The number of allylic oxidation sites excluding steroid dienone is 2. The van der Waals surface area contributed by atoms with E-state index in [-0.39, 0.29) is 0 Å². The molecule has 1 aromatic rings. The van der Waals surface area contributed by atoms with Crippen LogP contribution in [0.15, 0.2) is 58.0 Å². The zero-order valence-electron chi connectivity index (χ0n) is 7.94. The van der Waals surface area contributed by atoms with Gasteiger partial charge in [0.1, 0.15) is 0 Å². The Morgan fingerprint density at radius 3 is 2.43 bits per heavy atom. The molecular formula is C12H13NS. The van der Waals surface area contributed by atoms with Gasteiger partial charge in [0.2, 0.25) is 0 Å². The molecule has 0 heterocycles. The molecule has 0 aromatic heterocycles. The van der Waals surface area contributed by atoms with E-state index in [9.17, 15) is 0 Å². The van der Waals surface area contributed by atoms with Crippen molar-refractivity contribution < 1.29 is 0 Å². The molecule has 0 bridgehead atoms. The van der Waals surface area contributed by atoms with Crippen molar-refractivity contribution >= 4 is 11.8 Å². The van der Waals surface area contributed by atoms with E-state index in [1.54, 1.807) is 11.8 Å². The van der Waals surface area contributed by atoms with Crippen LogP contribution in [-0.4, -0.2) is 0 Å². The van der Waals surface area contributed by atoms with E-state index < -0.39 is 0 Å². The fourth-order valence-corrected chi connectivity index (χ4v) is 2.34. The topological polar surface area (TPSA) is 26.0 Å². The third kappa shape index (κ3) is 2.20. The van der Waals surface area contributed by atoms with Crippen molar-refractivity contribution in [2.24, 2.45) is 5.73 Å². The van der Waals surface area contributed by atoms with Crippen LogP contribution in [0, 0.1) is 0 Å². The smallest absolute Gasteiger partial charge is 0.0412 e. The molecule has 72 valence electrons. The molecule has 0 radical (unpaired) electrons. The predicted molar refractivity (Wildman–Crippen MR) is 61.9 cm³/mol. The summed E-state index contributed by atoms with van der Waals surface area (Å²) in [5.74, 6) is 0. The van der Waals surface area contributed by atoms with E-state index in [1.807, 2.05) is 18.2 Å². The SMILES string of the molecule is NC1=CCCC=C1Sc1ccccc1. The number of rotatable bonds is 2. The van der Waals surface area contributed by atoms with Crippen LogP contribution in [0.5, 0.6) is 0 Å². The Bertz CT molecular complexity index is 365. The molecule has 0 spiro atoms. The molecule has 1 aromatic carbocycles. The lowest BCUT2D eigenvalue weighted by atomic mass is 10.1. The average Bonchev–Trinajstić information content (AvgIpc) is 2.23. The van der Waals surface area contributed by atoms with Crippen molar-refractivity contribution in [1.29, 1.82) is 0 Å². The van der Waals surface area contributed by atoms with Crippen LogP contribution >= 0.6 is 11.8 Å². The minimum atomic E-state index is 0.921. The Morgan fingerprint density at radius 1 is 1.00 bits per heavy atom. The van der Waals surface area contributed by atoms with Gasteiger partial charge < -0.3 is 5.73 Å². The highest BCUT2D eigenvalue weighted by molar-refractivity contribution is 8.03. The summed E-state index contributed by atoms with van der Waals surface area (Å²) in [7, 11) is 0. The van der Waals surface area contributed by atoms with Crippen LogP contribution in [-0.2, 0) is 0 Å². The highest BCUT2D eigenvalue weighted by Gasteiger charge is 2.06. The summed E-state index contributed by atoms with van der Waals surface area (Å²) in [5.41, 5.74) is 6.82. The van der Waals surface area contributed by atoms with Gasteiger partial charge in [-0.2, -0.15) is 0 Å². The molecule has 0 amide bonds. The van der Waals surface area contributed by atoms with Gasteiger partial charge in [-0.05, 0) is 25.0 Å². The summed E-state index contributed by atoms with van der Waals surface area (Å²) in [6, 6.07) is 10.3. The molecule has 0 aliphatic heterocycles. The zero-order valence-corrected chi connectivity index (χ0v) is 8.76. The molecule has 0 atom stereocenters. The van der Waals surface area contributed by atoms with Crippen molar-refractivity contribution in [1.82, 2.24) is 0 Å². The van der Waals surface area contributed by atoms with E-state index in [4.69, 9.17) is 5.73 Å². The maximum absolute atomic E-state index is 5.90. The molecule has 1 aliphatic rings. The molecule has 0 saturated heterocycles. The summed E-state index contributed by atoms with van der Waals surface area (Å²) >= 11 is 1.74. The highest BCUT2D eigenvalue weighted by Crippen LogP contribution is 2.32. The van der Waals surface area contributed by atoms with Gasteiger partial charge in [-0.15, -0.1) is 0 Å².